The van der Waals surface area contributed by atoms with Gasteiger partial charge in [-0.2, -0.15) is 0 Å². The summed E-state index contributed by atoms with van der Waals surface area (Å²) in [6.45, 7) is 3.94. The molecule has 2 aromatic rings. The molecule has 0 aliphatic carbocycles. The third-order valence-corrected chi connectivity index (χ3v) is 3.00. The predicted octanol–water partition coefficient (Wildman–Crippen LogP) is 1.74. The Kier molecular flexibility index (Phi) is 3.03. The number of hydrogen-bond acceptors (Lipinski definition) is 2. The van der Waals surface area contributed by atoms with Gasteiger partial charge in [-0.15, -0.1) is 0 Å². The summed E-state index contributed by atoms with van der Waals surface area (Å²) in [5, 5.41) is 1.09. The summed E-state index contributed by atoms with van der Waals surface area (Å²) in [5.41, 5.74) is 8.75. The highest BCUT2D eigenvalue weighted by Gasteiger charge is 2.08. The molecule has 1 aromatic carbocycles. The molecule has 0 spiro atoms. The van der Waals surface area contributed by atoms with Gasteiger partial charge in [0.1, 0.15) is 0 Å². The summed E-state index contributed by atoms with van der Waals surface area (Å²) < 4.78 is 1.71. The number of rotatable bonds is 2. The number of nitrogens with zero attached hydrogens (tertiary/aromatic N) is 1. The Balaban J connectivity index is 2.71. The summed E-state index contributed by atoms with van der Waals surface area (Å²) in [6, 6.07) is 8.11. The van der Waals surface area contributed by atoms with Crippen LogP contribution >= 0.6 is 0 Å². The molecular weight excluding hydrogens is 212 g/mol. The van der Waals surface area contributed by atoms with Crippen molar-refractivity contribution in [1.29, 1.82) is 0 Å². The van der Waals surface area contributed by atoms with Gasteiger partial charge in [-0.3, -0.25) is 4.79 Å². The number of hydrogen-bond donors (Lipinski definition) is 1. The highest BCUT2D eigenvalue weighted by molar-refractivity contribution is 5.80. The van der Waals surface area contributed by atoms with Gasteiger partial charge in [-0.05, 0) is 43.4 Å². The zero-order chi connectivity index (χ0) is 12.6. The van der Waals surface area contributed by atoms with Crippen molar-refractivity contribution in [2.45, 2.75) is 26.3 Å². The minimum Gasteiger partial charge on any atom is -0.328 e. The summed E-state index contributed by atoms with van der Waals surface area (Å²) in [6.07, 6.45) is 0.622. The van der Waals surface area contributed by atoms with E-state index in [-0.39, 0.29) is 11.6 Å². The van der Waals surface area contributed by atoms with Crippen LogP contribution in [0.2, 0.25) is 0 Å². The molecule has 0 radical (unpaired) electrons. The van der Waals surface area contributed by atoms with Gasteiger partial charge in [0.15, 0.2) is 0 Å². The van der Waals surface area contributed by atoms with Gasteiger partial charge in [0, 0.05) is 18.7 Å². The van der Waals surface area contributed by atoms with Crippen LogP contribution in [0.15, 0.2) is 29.1 Å². The zero-order valence-electron chi connectivity index (χ0n) is 10.5. The first kappa shape index (κ1) is 11.9. The Hall–Kier alpha value is -1.61. The van der Waals surface area contributed by atoms with E-state index in [0.717, 1.165) is 22.0 Å². The molecule has 17 heavy (non-hydrogen) atoms. The number of pyridine rings is 1. The van der Waals surface area contributed by atoms with Gasteiger partial charge < -0.3 is 10.3 Å². The van der Waals surface area contributed by atoms with Gasteiger partial charge in [0.2, 0.25) is 0 Å². The molecule has 2 N–H and O–H groups in total. The number of fused-ring (bicyclic) bond motifs is 1. The first-order valence-corrected chi connectivity index (χ1v) is 5.84. The second-order valence-electron chi connectivity index (χ2n) is 4.78. The molecule has 1 atom stereocenters. The van der Waals surface area contributed by atoms with Crippen molar-refractivity contribution in [2.24, 2.45) is 12.8 Å². The van der Waals surface area contributed by atoms with Crippen molar-refractivity contribution in [3.63, 3.8) is 0 Å². The molecule has 3 heteroatoms. The van der Waals surface area contributed by atoms with Crippen LogP contribution in [0, 0.1) is 6.92 Å². The van der Waals surface area contributed by atoms with Crippen molar-refractivity contribution >= 4 is 10.9 Å². The summed E-state index contributed by atoms with van der Waals surface area (Å²) in [5.74, 6) is 0. The molecule has 0 fully saturated rings. The van der Waals surface area contributed by atoms with E-state index in [9.17, 15) is 4.79 Å². The molecule has 1 unspecified atom stereocenters. The summed E-state index contributed by atoms with van der Waals surface area (Å²) >= 11 is 0. The van der Waals surface area contributed by atoms with Crippen LogP contribution in [0.5, 0.6) is 0 Å². The number of nitrogens with two attached hydrogens (primary N) is 1. The molecule has 1 heterocycles. The van der Waals surface area contributed by atoms with Gasteiger partial charge >= 0.3 is 0 Å². The standard InChI is InChI=1S/C14H18N2O/c1-9-4-5-11-8-12(7-10(2)15)14(17)16(3)13(11)6-9/h4-6,8,10H,7,15H2,1-3H3. The van der Waals surface area contributed by atoms with Crippen LogP contribution < -0.4 is 11.3 Å². The van der Waals surface area contributed by atoms with E-state index in [4.69, 9.17) is 5.73 Å². The fraction of sp³-hybridized carbons (Fsp3) is 0.357. The lowest BCUT2D eigenvalue weighted by atomic mass is 10.1. The lowest BCUT2D eigenvalue weighted by molar-refractivity contribution is 0.722. The van der Waals surface area contributed by atoms with Crippen molar-refractivity contribution in [1.82, 2.24) is 4.57 Å². The van der Waals surface area contributed by atoms with Crippen LogP contribution in [0.4, 0.5) is 0 Å². The molecule has 0 aliphatic rings. The molecule has 0 bridgehead atoms. The molecule has 0 aliphatic heterocycles. The molecule has 90 valence electrons. The third-order valence-electron chi connectivity index (χ3n) is 3.00. The Morgan fingerprint density at radius 3 is 2.71 bits per heavy atom. The number of benzene rings is 1. The SMILES string of the molecule is Cc1ccc2cc(CC(C)N)c(=O)n(C)c2c1. The lowest BCUT2D eigenvalue weighted by Gasteiger charge is -2.10. The van der Waals surface area contributed by atoms with Crippen LogP contribution in [-0.4, -0.2) is 10.6 Å². The Labute approximate surface area is 101 Å². The van der Waals surface area contributed by atoms with Gasteiger partial charge in [-0.1, -0.05) is 12.1 Å². The molecule has 0 amide bonds. The van der Waals surface area contributed by atoms with Gasteiger partial charge in [-0.25, -0.2) is 0 Å². The molecule has 1 aromatic heterocycles. The normalized spacial score (nSPS) is 12.9. The Morgan fingerprint density at radius 2 is 2.06 bits per heavy atom. The molecule has 2 rings (SSSR count). The fourth-order valence-electron chi connectivity index (χ4n) is 2.13. The Morgan fingerprint density at radius 1 is 1.35 bits per heavy atom. The van der Waals surface area contributed by atoms with Crippen LogP contribution in [-0.2, 0) is 13.5 Å². The lowest BCUT2D eigenvalue weighted by Crippen LogP contribution is -2.27. The minimum absolute atomic E-state index is 0.00518. The van der Waals surface area contributed by atoms with E-state index in [1.807, 2.05) is 33.0 Å². The molecule has 0 saturated heterocycles. The average Bonchev–Trinajstić information content (AvgIpc) is 2.26. The van der Waals surface area contributed by atoms with Gasteiger partial charge in [0.25, 0.3) is 5.56 Å². The molecular formula is C14H18N2O. The van der Waals surface area contributed by atoms with Crippen molar-refractivity contribution < 1.29 is 0 Å². The van der Waals surface area contributed by atoms with E-state index >= 15 is 0 Å². The smallest absolute Gasteiger partial charge is 0.254 e. The maximum atomic E-state index is 12.1. The molecule has 0 saturated carbocycles. The van der Waals surface area contributed by atoms with Crippen LogP contribution in [0.25, 0.3) is 10.9 Å². The highest BCUT2D eigenvalue weighted by atomic mass is 16.1. The van der Waals surface area contributed by atoms with Crippen molar-refractivity contribution in [3.05, 3.63) is 45.7 Å². The van der Waals surface area contributed by atoms with Crippen LogP contribution in [0.1, 0.15) is 18.1 Å². The Bertz CT molecular complexity index is 611. The van der Waals surface area contributed by atoms with E-state index in [1.165, 1.54) is 0 Å². The largest absolute Gasteiger partial charge is 0.328 e. The quantitative estimate of drug-likeness (QED) is 0.854. The van der Waals surface area contributed by atoms with Gasteiger partial charge in [0.05, 0.1) is 5.52 Å². The predicted molar refractivity (Wildman–Crippen MR) is 71.3 cm³/mol. The molecule has 3 nitrogen and oxygen atoms in total. The first-order valence-electron chi connectivity index (χ1n) is 5.84. The van der Waals surface area contributed by atoms with E-state index < -0.39 is 0 Å². The first-order chi connectivity index (χ1) is 7.99. The highest BCUT2D eigenvalue weighted by Crippen LogP contribution is 2.15. The third kappa shape index (κ3) is 2.24. The number of aryl methyl sites for hydroxylation is 2. The van der Waals surface area contributed by atoms with E-state index in [2.05, 4.69) is 12.1 Å². The fourth-order valence-corrected chi connectivity index (χ4v) is 2.13. The maximum absolute atomic E-state index is 12.1. The summed E-state index contributed by atoms with van der Waals surface area (Å²) in [4.78, 5) is 12.1. The zero-order valence-corrected chi connectivity index (χ0v) is 10.5. The van der Waals surface area contributed by atoms with E-state index in [1.54, 1.807) is 4.57 Å². The topological polar surface area (TPSA) is 48.0 Å². The average molecular weight is 230 g/mol. The van der Waals surface area contributed by atoms with E-state index in [0.29, 0.717) is 6.42 Å². The van der Waals surface area contributed by atoms with Crippen molar-refractivity contribution in [2.75, 3.05) is 0 Å². The van der Waals surface area contributed by atoms with Crippen LogP contribution in [0.3, 0.4) is 0 Å². The van der Waals surface area contributed by atoms with Crippen molar-refractivity contribution in [3.8, 4) is 0 Å². The summed E-state index contributed by atoms with van der Waals surface area (Å²) in [7, 11) is 1.81. The second-order valence-corrected chi connectivity index (χ2v) is 4.78. The monoisotopic (exact) mass is 230 g/mol. The second kappa shape index (κ2) is 4.34. The number of aromatic nitrogens is 1. The minimum atomic E-state index is 0.00518. The maximum Gasteiger partial charge on any atom is 0.254 e.